The van der Waals surface area contributed by atoms with Crippen molar-refractivity contribution >= 4 is 67.5 Å². The Bertz CT molecular complexity index is 3030. The average Bonchev–Trinajstić information content (AvgIpc) is 3.77. The molecular formula is C45H34N2OSi+2. The maximum absolute atomic E-state index is 8.44. The Hall–Kier alpha value is -5.58. The molecule has 2 aliphatic heterocycles. The van der Waals surface area contributed by atoms with E-state index < -0.39 is 20.6 Å². The molecule has 49 heavy (non-hydrogen) atoms. The molecule has 3 nitrogen and oxygen atoms in total. The number of aromatic nitrogens is 2. The molecule has 3 aromatic heterocycles. The van der Waals surface area contributed by atoms with Crippen molar-refractivity contribution in [2.45, 2.75) is 32.2 Å². The summed E-state index contributed by atoms with van der Waals surface area (Å²) in [4.78, 5) is 0. The van der Waals surface area contributed by atoms with Crippen molar-refractivity contribution in [3.8, 4) is 22.5 Å². The van der Waals surface area contributed by atoms with Gasteiger partial charge in [0, 0.05) is 43.7 Å². The van der Waals surface area contributed by atoms with Gasteiger partial charge in [-0.1, -0.05) is 86.4 Å². The molecule has 6 aromatic carbocycles. The molecule has 0 N–H and O–H groups in total. The van der Waals surface area contributed by atoms with E-state index in [9.17, 15) is 0 Å². The number of benzene rings is 6. The van der Waals surface area contributed by atoms with Crippen LogP contribution in [0, 0.1) is 6.85 Å². The van der Waals surface area contributed by atoms with E-state index in [4.69, 9.17) is 8.53 Å². The van der Waals surface area contributed by atoms with E-state index in [-0.39, 0.29) is 0 Å². The van der Waals surface area contributed by atoms with Crippen molar-refractivity contribution in [1.82, 2.24) is 0 Å². The highest BCUT2D eigenvalue weighted by atomic mass is 28.3. The highest BCUT2D eigenvalue weighted by Crippen LogP contribution is 2.51. The van der Waals surface area contributed by atoms with Crippen LogP contribution in [0.4, 0.5) is 0 Å². The summed E-state index contributed by atoms with van der Waals surface area (Å²) in [5, 5.41) is 10.7. The van der Waals surface area contributed by atoms with Crippen LogP contribution in [0.15, 0.2) is 138 Å². The van der Waals surface area contributed by atoms with Crippen molar-refractivity contribution in [3.05, 3.63) is 150 Å². The third kappa shape index (κ3) is 3.28. The highest BCUT2D eigenvalue weighted by molar-refractivity contribution is 6.88. The predicted octanol–water partition coefficient (Wildman–Crippen LogP) is 9.73. The van der Waals surface area contributed by atoms with Gasteiger partial charge >= 0.3 is 5.66 Å². The first-order chi connectivity index (χ1) is 25.1. The molecule has 11 rings (SSSR count). The fourth-order valence-corrected chi connectivity index (χ4v) is 10.2. The van der Waals surface area contributed by atoms with Crippen molar-refractivity contribution in [2.24, 2.45) is 0 Å². The van der Waals surface area contributed by atoms with Gasteiger partial charge in [0.15, 0.2) is 12.4 Å². The Balaban J connectivity index is 1.33. The molecule has 0 fully saturated rings. The van der Waals surface area contributed by atoms with Crippen molar-refractivity contribution in [2.75, 3.05) is 0 Å². The summed E-state index contributed by atoms with van der Waals surface area (Å²) in [6.45, 7) is 4.87. The van der Waals surface area contributed by atoms with Crippen LogP contribution in [0.5, 0.6) is 0 Å². The van der Waals surface area contributed by atoms with Crippen LogP contribution in [-0.4, -0.2) is 8.07 Å². The van der Waals surface area contributed by atoms with E-state index in [0.717, 1.165) is 50.0 Å². The van der Waals surface area contributed by atoms with E-state index in [1.54, 1.807) is 6.07 Å². The normalized spacial score (nSPS) is 17.4. The Labute approximate surface area is 289 Å². The number of fused-ring (bicyclic) bond motifs is 21. The van der Waals surface area contributed by atoms with Gasteiger partial charge < -0.3 is 4.42 Å². The monoisotopic (exact) mass is 649 g/mol. The quantitative estimate of drug-likeness (QED) is 0.0986. The minimum absolute atomic E-state index is 0.310. The number of aryl methyl sites for hydroxylation is 1. The Morgan fingerprint density at radius 1 is 0.612 bits per heavy atom. The molecule has 232 valence electrons. The molecule has 9 aromatic rings. The minimum atomic E-state index is -2.27. The lowest BCUT2D eigenvalue weighted by Crippen LogP contribution is -2.72. The first kappa shape index (κ1) is 24.5. The summed E-state index contributed by atoms with van der Waals surface area (Å²) in [6, 6.07) is 43.0. The molecular weight excluding hydrogens is 613 g/mol. The standard InChI is InChI=1S/C45H34N2OSi/c1-27-23-24-46-39(25-27)43-37(45(46)36-16-10-9-15-34(36)38-21-17-28(26-47(38)45)49(2,3)4)20-18-35-42-40(48-44(35)43)22-19-33-31-13-6-5-11-29(31)30-12-7-8-14-32(30)41(33)42/h5-26H,1-4H3/q+2/i1D3. The second-order valence-electron chi connectivity index (χ2n) is 14.7. The lowest BCUT2D eigenvalue weighted by Gasteiger charge is -2.20. The van der Waals surface area contributed by atoms with Crippen LogP contribution >= 0.6 is 0 Å². The number of nitrogens with zero attached hydrogens (tertiary/aromatic N) is 2. The summed E-state index contributed by atoms with van der Waals surface area (Å²) < 4.78 is 37.1. The predicted molar refractivity (Wildman–Crippen MR) is 203 cm³/mol. The summed E-state index contributed by atoms with van der Waals surface area (Å²) in [6.07, 6.45) is 4.35. The number of hydrogen-bond donors (Lipinski definition) is 0. The van der Waals surface area contributed by atoms with Crippen LogP contribution in [0.2, 0.25) is 19.6 Å². The van der Waals surface area contributed by atoms with Gasteiger partial charge in [0.25, 0.3) is 0 Å². The minimum Gasteiger partial charge on any atom is -0.455 e. The fraction of sp³-hybridized carbons (Fsp3) is 0.111. The molecule has 0 amide bonds. The van der Waals surface area contributed by atoms with Crippen molar-refractivity contribution < 1.29 is 17.7 Å². The lowest BCUT2D eigenvalue weighted by atomic mass is 9.88. The number of hydrogen-bond acceptors (Lipinski definition) is 1. The van der Waals surface area contributed by atoms with Gasteiger partial charge in [0.1, 0.15) is 27.9 Å². The molecule has 0 radical (unpaired) electrons. The largest absolute Gasteiger partial charge is 0.455 e. The summed E-state index contributed by atoms with van der Waals surface area (Å²) >= 11 is 0. The SMILES string of the molecule is [2H]C([2H])([2H])c1cc[n+]2c(c1)-c1c(ccc3c1oc1ccc4c5ccccc5c5ccccc5c4c13)C21c2ccccc2-c2ccc([Si](C)(C)C)c[n+]21. The third-order valence-electron chi connectivity index (χ3n) is 11.2. The van der Waals surface area contributed by atoms with E-state index in [1.807, 2.05) is 12.3 Å². The van der Waals surface area contributed by atoms with Gasteiger partial charge in [-0.15, -0.1) is 9.13 Å². The first-order valence-electron chi connectivity index (χ1n) is 18.5. The number of pyridine rings is 2. The molecule has 0 bridgehead atoms. The van der Waals surface area contributed by atoms with Crippen molar-refractivity contribution in [1.29, 1.82) is 0 Å². The molecule has 1 atom stereocenters. The molecule has 5 heterocycles. The van der Waals surface area contributed by atoms with Crippen LogP contribution in [0.25, 0.3) is 76.8 Å². The Kier molecular flexibility index (Phi) is 4.56. The average molecular weight is 650 g/mol. The second kappa shape index (κ2) is 9.10. The highest BCUT2D eigenvalue weighted by Gasteiger charge is 2.67. The van der Waals surface area contributed by atoms with Crippen LogP contribution in [0.3, 0.4) is 0 Å². The molecule has 1 spiro atoms. The Morgan fingerprint density at radius 3 is 2.08 bits per heavy atom. The van der Waals surface area contributed by atoms with Gasteiger partial charge in [-0.25, -0.2) is 0 Å². The van der Waals surface area contributed by atoms with E-state index in [2.05, 4.69) is 144 Å². The molecule has 2 aliphatic rings. The van der Waals surface area contributed by atoms with Gasteiger partial charge in [-0.3, -0.25) is 0 Å². The van der Waals surface area contributed by atoms with Gasteiger partial charge in [0.2, 0.25) is 11.4 Å². The zero-order valence-electron chi connectivity index (χ0n) is 30.5. The van der Waals surface area contributed by atoms with Crippen LogP contribution in [-0.2, 0) is 5.66 Å². The van der Waals surface area contributed by atoms with E-state index >= 15 is 0 Å². The van der Waals surface area contributed by atoms with Gasteiger partial charge in [-0.2, -0.15) is 0 Å². The maximum Gasteiger partial charge on any atom is 0.417 e. The van der Waals surface area contributed by atoms with Gasteiger partial charge in [0.05, 0.1) is 13.6 Å². The van der Waals surface area contributed by atoms with E-state index in [0.29, 0.717) is 5.56 Å². The zero-order valence-corrected chi connectivity index (χ0v) is 28.5. The molecule has 4 heteroatoms. The summed E-state index contributed by atoms with van der Waals surface area (Å²) in [5.74, 6) is 0. The second-order valence-corrected chi connectivity index (χ2v) is 19.8. The maximum atomic E-state index is 8.44. The van der Waals surface area contributed by atoms with Gasteiger partial charge in [-0.05, 0) is 75.7 Å². The molecule has 0 saturated carbocycles. The summed E-state index contributed by atoms with van der Waals surface area (Å²) in [5.41, 5.74) is 7.44. The third-order valence-corrected chi connectivity index (χ3v) is 13.2. The first-order valence-corrected chi connectivity index (χ1v) is 20.5. The molecule has 0 aliphatic carbocycles. The fourth-order valence-electron chi connectivity index (χ4n) is 9.07. The molecule has 0 saturated heterocycles. The Morgan fingerprint density at radius 2 is 1.31 bits per heavy atom. The zero-order chi connectivity index (χ0) is 35.3. The van der Waals surface area contributed by atoms with Crippen molar-refractivity contribution in [3.63, 3.8) is 0 Å². The van der Waals surface area contributed by atoms with Crippen LogP contribution in [0.1, 0.15) is 20.8 Å². The van der Waals surface area contributed by atoms with Crippen LogP contribution < -0.4 is 14.3 Å². The summed E-state index contributed by atoms with van der Waals surface area (Å²) in [7, 11) is -1.72. The lowest BCUT2D eigenvalue weighted by molar-refractivity contribution is -0.954. The number of rotatable bonds is 1. The van der Waals surface area contributed by atoms with E-state index in [1.165, 1.54) is 43.1 Å². The topological polar surface area (TPSA) is 20.9 Å². The molecule has 1 unspecified atom stereocenters. The number of furan rings is 1. The smallest absolute Gasteiger partial charge is 0.417 e.